The van der Waals surface area contributed by atoms with Crippen LogP contribution in [0, 0.1) is 5.41 Å². The molecule has 1 aliphatic rings. The summed E-state index contributed by atoms with van der Waals surface area (Å²) in [6.07, 6.45) is 5.24. The monoisotopic (exact) mass is 512 g/mol. The molecule has 9 heteroatoms. The Morgan fingerprint density at radius 1 is 1.00 bits per heavy atom. The van der Waals surface area contributed by atoms with Crippen molar-refractivity contribution in [2.24, 2.45) is 5.41 Å². The molecule has 9 nitrogen and oxygen atoms in total. The van der Waals surface area contributed by atoms with Gasteiger partial charge in [-0.15, -0.1) is 10.2 Å². The summed E-state index contributed by atoms with van der Waals surface area (Å²) in [5, 5.41) is 25.1. The second-order valence-corrected chi connectivity index (χ2v) is 10.2. The van der Waals surface area contributed by atoms with E-state index in [4.69, 9.17) is 4.98 Å². The molecule has 1 amide bonds. The number of nitrogens with one attached hydrogen (secondary N) is 1. The van der Waals surface area contributed by atoms with Crippen LogP contribution in [-0.4, -0.2) is 54.0 Å². The first kappa shape index (κ1) is 25.5. The van der Waals surface area contributed by atoms with Crippen molar-refractivity contribution in [1.82, 2.24) is 30.5 Å². The SMILES string of the molecule is CCCC(=O)N(Cc1ccc2nc(-c3ccc(-c4nn[nH]n4)cc3)ccc2c1)CC1(C(=O)O)CCCCC1. The lowest BCUT2D eigenvalue weighted by Crippen LogP contribution is -2.46. The minimum absolute atomic E-state index is 0.0107. The molecule has 1 fully saturated rings. The number of tetrazole rings is 1. The fourth-order valence-electron chi connectivity index (χ4n) is 5.37. The van der Waals surface area contributed by atoms with Gasteiger partial charge in [-0.2, -0.15) is 5.21 Å². The summed E-state index contributed by atoms with van der Waals surface area (Å²) >= 11 is 0. The van der Waals surface area contributed by atoms with E-state index in [2.05, 4.69) is 20.6 Å². The van der Waals surface area contributed by atoms with E-state index in [0.29, 0.717) is 31.6 Å². The Morgan fingerprint density at radius 2 is 1.76 bits per heavy atom. The maximum atomic E-state index is 13.1. The van der Waals surface area contributed by atoms with Crippen molar-refractivity contribution >= 4 is 22.8 Å². The molecule has 0 spiro atoms. The normalized spacial score (nSPS) is 14.9. The van der Waals surface area contributed by atoms with Gasteiger partial charge in [-0.1, -0.05) is 62.6 Å². The summed E-state index contributed by atoms with van der Waals surface area (Å²) in [6.45, 7) is 2.63. The van der Waals surface area contributed by atoms with Crippen molar-refractivity contribution in [3.63, 3.8) is 0 Å². The Balaban J connectivity index is 1.36. The van der Waals surface area contributed by atoms with Crippen LogP contribution < -0.4 is 0 Å². The molecule has 1 aliphatic carbocycles. The van der Waals surface area contributed by atoms with Crippen molar-refractivity contribution in [1.29, 1.82) is 0 Å². The number of hydrogen-bond donors (Lipinski definition) is 2. The number of amides is 1. The van der Waals surface area contributed by atoms with Crippen molar-refractivity contribution in [2.75, 3.05) is 6.54 Å². The van der Waals surface area contributed by atoms with Gasteiger partial charge in [0.1, 0.15) is 0 Å². The Hall–Kier alpha value is -4.14. The molecule has 4 aromatic rings. The summed E-state index contributed by atoms with van der Waals surface area (Å²) in [7, 11) is 0. The zero-order chi connectivity index (χ0) is 26.5. The predicted molar refractivity (Wildman–Crippen MR) is 144 cm³/mol. The molecule has 5 rings (SSSR count). The molecule has 38 heavy (non-hydrogen) atoms. The van der Waals surface area contributed by atoms with Gasteiger partial charge >= 0.3 is 5.97 Å². The summed E-state index contributed by atoms with van der Waals surface area (Å²) in [4.78, 5) is 32.0. The van der Waals surface area contributed by atoms with E-state index in [1.165, 1.54) is 0 Å². The second kappa shape index (κ2) is 11.1. The minimum atomic E-state index is -0.853. The van der Waals surface area contributed by atoms with Gasteiger partial charge in [0.05, 0.1) is 16.6 Å². The van der Waals surface area contributed by atoms with Crippen molar-refractivity contribution < 1.29 is 14.7 Å². The van der Waals surface area contributed by atoms with Crippen LogP contribution in [0.2, 0.25) is 0 Å². The number of aromatic amines is 1. The van der Waals surface area contributed by atoms with E-state index < -0.39 is 11.4 Å². The zero-order valence-corrected chi connectivity index (χ0v) is 21.6. The van der Waals surface area contributed by atoms with Crippen LogP contribution in [0.25, 0.3) is 33.5 Å². The number of fused-ring (bicyclic) bond motifs is 1. The molecule has 2 heterocycles. The van der Waals surface area contributed by atoms with E-state index in [-0.39, 0.29) is 12.5 Å². The summed E-state index contributed by atoms with van der Waals surface area (Å²) in [5.74, 6) is -0.233. The topological polar surface area (TPSA) is 125 Å². The molecule has 0 radical (unpaired) electrons. The largest absolute Gasteiger partial charge is 0.481 e. The van der Waals surface area contributed by atoms with E-state index in [9.17, 15) is 14.7 Å². The number of benzene rings is 2. The lowest BCUT2D eigenvalue weighted by Gasteiger charge is -2.38. The molecule has 2 N–H and O–H groups in total. The first-order valence-electron chi connectivity index (χ1n) is 13.2. The van der Waals surface area contributed by atoms with Gasteiger partial charge in [-0.25, -0.2) is 4.98 Å². The third-order valence-corrected chi connectivity index (χ3v) is 7.49. The minimum Gasteiger partial charge on any atom is -0.481 e. The van der Waals surface area contributed by atoms with E-state index in [1.54, 1.807) is 4.90 Å². The fraction of sp³-hybridized carbons (Fsp3) is 0.379. The lowest BCUT2D eigenvalue weighted by atomic mass is 9.73. The Labute approximate surface area is 221 Å². The highest BCUT2D eigenvalue weighted by Gasteiger charge is 2.42. The Bertz CT molecular complexity index is 1410. The summed E-state index contributed by atoms with van der Waals surface area (Å²) < 4.78 is 0. The third kappa shape index (κ3) is 5.41. The average Bonchev–Trinajstić information content (AvgIpc) is 3.48. The number of H-pyrrole nitrogens is 1. The number of hydrogen-bond acceptors (Lipinski definition) is 6. The van der Waals surface area contributed by atoms with Gasteiger partial charge in [-0.3, -0.25) is 9.59 Å². The van der Waals surface area contributed by atoms with Gasteiger partial charge in [0.2, 0.25) is 11.7 Å². The highest BCUT2D eigenvalue weighted by atomic mass is 16.4. The third-order valence-electron chi connectivity index (χ3n) is 7.49. The van der Waals surface area contributed by atoms with Gasteiger partial charge in [0.25, 0.3) is 0 Å². The maximum Gasteiger partial charge on any atom is 0.311 e. The van der Waals surface area contributed by atoms with Crippen molar-refractivity contribution in [2.45, 2.75) is 58.4 Å². The zero-order valence-electron chi connectivity index (χ0n) is 21.6. The number of rotatable bonds is 9. The molecule has 0 atom stereocenters. The molecule has 0 saturated heterocycles. The van der Waals surface area contributed by atoms with Crippen LogP contribution in [-0.2, 0) is 16.1 Å². The van der Waals surface area contributed by atoms with Crippen LogP contribution in [0.1, 0.15) is 57.4 Å². The van der Waals surface area contributed by atoms with Gasteiger partial charge in [-0.05, 0) is 48.2 Å². The first-order chi connectivity index (χ1) is 18.5. The molecule has 0 unspecified atom stereocenters. The number of carbonyl (C=O) groups excluding carboxylic acids is 1. The summed E-state index contributed by atoms with van der Waals surface area (Å²) in [5.41, 5.74) is 3.67. The number of carbonyl (C=O) groups is 2. The summed E-state index contributed by atoms with van der Waals surface area (Å²) in [6, 6.07) is 17.9. The number of carboxylic acids is 1. The number of aromatic nitrogens is 5. The number of pyridine rings is 1. The highest BCUT2D eigenvalue weighted by Crippen LogP contribution is 2.38. The molecular weight excluding hydrogens is 480 g/mol. The molecule has 0 bridgehead atoms. The number of nitrogens with zero attached hydrogens (tertiary/aromatic N) is 5. The number of carboxylic acid groups (broad SMARTS) is 1. The maximum absolute atomic E-state index is 13.1. The smallest absolute Gasteiger partial charge is 0.311 e. The molecule has 2 aromatic heterocycles. The second-order valence-electron chi connectivity index (χ2n) is 10.2. The van der Waals surface area contributed by atoms with Crippen LogP contribution in [0.5, 0.6) is 0 Å². The van der Waals surface area contributed by atoms with Crippen molar-refractivity contribution in [3.8, 4) is 22.6 Å². The Kier molecular flexibility index (Phi) is 7.44. The van der Waals surface area contributed by atoms with Gasteiger partial charge < -0.3 is 10.0 Å². The molecule has 196 valence electrons. The molecular formula is C29H32N6O3. The van der Waals surface area contributed by atoms with Gasteiger partial charge in [0.15, 0.2) is 0 Å². The van der Waals surface area contributed by atoms with E-state index in [1.807, 2.05) is 61.5 Å². The Morgan fingerprint density at radius 3 is 2.45 bits per heavy atom. The first-order valence-corrected chi connectivity index (χ1v) is 13.2. The molecule has 0 aliphatic heterocycles. The standard InChI is InChI=1S/C29H32N6O3/c1-2-6-26(36)35(19-29(28(37)38)15-4-3-5-16-29)18-20-7-13-25-23(17-20)12-14-24(30-25)21-8-10-22(11-9-21)27-31-33-34-32-27/h7-14,17H,2-6,15-16,18-19H2,1H3,(H,37,38)(H,31,32,33,34). The number of aliphatic carboxylic acids is 1. The predicted octanol–water partition coefficient (Wildman–Crippen LogP) is 5.25. The highest BCUT2D eigenvalue weighted by molar-refractivity contribution is 5.83. The van der Waals surface area contributed by atoms with Crippen LogP contribution in [0.3, 0.4) is 0 Å². The van der Waals surface area contributed by atoms with Crippen LogP contribution in [0.15, 0.2) is 54.6 Å². The van der Waals surface area contributed by atoms with Crippen LogP contribution >= 0.6 is 0 Å². The average molecular weight is 513 g/mol. The lowest BCUT2D eigenvalue weighted by molar-refractivity contribution is -0.154. The molecule has 1 saturated carbocycles. The van der Waals surface area contributed by atoms with Crippen LogP contribution in [0.4, 0.5) is 0 Å². The quantitative estimate of drug-likeness (QED) is 0.314. The van der Waals surface area contributed by atoms with E-state index >= 15 is 0 Å². The van der Waals surface area contributed by atoms with E-state index in [0.717, 1.165) is 59.0 Å². The fourth-order valence-corrected chi connectivity index (χ4v) is 5.37. The van der Waals surface area contributed by atoms with Gasteiger partial charge in [0, 0.05) is 36.0 Å². The van der Waals surface area contributed by atoms with Crippen molar-refractivity contribution in [3.05, 3.63) is 60.2 Å². The molecule has 2 aromatic carbocycles.